The minimum absolute atomic E-state index is 0.0506. The van der Waals surface area contributed by atoms with Crippen LogP contribution in [0.1, 0.15) is 32.1 Å². The molecule has 0 aromatic carbocycles. The molecule has 1 atom stereocenters. The predicted molar refractivity (Wildman–Crippen MR) is 58.0 cm³/mol. The Bertz CT molecular complexity index is 283. The number of nitrogens with zero attached hydrogens (tertiary/aromatic N) is 1. The molecule has 1 aliphatic carbocycles. The molecular formula is C11H18N2O3. The number of amides is 1. The Balaban J connectivity index is 1.89. The summed E-state index contributed by atoms with van der Waals surface area (Å²) in [6.07, 6.45) is 4.02. The van der Waals surface area contributed by atoms with Crippen LogP contribution in [-0.4, -0.2) is 47.1 Å². The number of aliphatic carboxylic acids is 1. The fourth-order valence-corrected chi connectivity index (χ4v) is 2.17. The van der Waals surface area contributed by atoms with Gasteiger partial charge in [0.1, 0.15) is 0 Å². The van der Waals surface area contributed by atoms with Crippen LogP contribution in [0.25, 0.3) is 0 Å². The average molecular weight is 226 g/mol. The van der Waals surface area contributed by atoms with Gasteiger partial charge < -0.3 is 15.3 Å². The molecular weight excluding hydrogens is 208 g/mol. The van der Waals surface area contributed by atoms with E-state index in [4.69, 9.17) is 5.11 Å². The van der Waals surface area contributed by atoms with Crippen LogP contribution in [0.15, 0.2) is 0 Å². The Hall–Kier alpha value is -1.10. The van der Waals surface area contributed by atoms with Gasteiger partial charge in [-0.3, -0.25) is 9.59 Å². The molecule has 0 radical (unpaired) electrons. The number of rotatable bonds is 5. The molecule has 2 rings (SSSR count). The maximum absolute atomic E-state index is 12.1. The molecule has 1 heterocycles. The first-order valence-electron chi connectivity index (χ1n) is 5.94. The number of nitrogens with one attached hydrogen (secondary N) is 1. The highest BCUT2D eigenvalue weighted by molar-refractivity contribution is 5.83. The van der Waals surface area contributed by atoms with Crippen molar-refractivity contribution in [3.63, 3.8) is 0 Å². The monoisotopic (exact) mass is 226 g/mol. The molecule has 5 heteroatoms. The molecule has 0 bridgehead atoms. The zero-order chi connectivity index (χ0) is 11.5. The number of hydrogen-bond donors (Lipinski definition) is 2. The summed E-state index contributed by atoms with van der Waals surface area (Å²) >= 11 is 0. The lowest BCUT2D eigenvalue weighted by Crippen LogP contribution is -2.45. The second-order valence-electron chi connectivity index (χ2n) is 4.56. The van der Waals surface area contributed by atoms with Crippen molar-refractivity contribution < 1.29 is 14.7 Å². The van der Waals surface area contributed by atoms with Gasteiger partial charge in [0.15, 0.2) is 0 Å². The molecule has 0 aromatic rings. The van der Waals surface area contributed by atoms with Crippen molar-refractivity contribution in [1.29, 1.82) is 0 Å². The topological polar surface area (TPSA) is 69.6 Å². The third-order valence-corrected chi connectivity index (χ3v) is 3.20. The van der Waals surface area contributed by atoms with Crippen LogP contribution in [0.4, 0.5) is 0 Å². The summed E-state index contributed by atoms with van der Waals surface area (Å²) in [5, 5.41) is 11.8. The third-order valence-electron chi connectivity index (χ3n) is 3.20. The molecule has 16 heavy (non-hydrogen) atoms. The Morgan fingerprint density at radius 3 is 2.56 bits per heavy atom. The Labute approximate surface area is 94.8 Å². The highest BCUT2D eigenvalue weighted by atomic mass is 16.4. The van der Waals surface area contributed by atoms with Gasteiger partial charge in [0, 0.05) is 12.6 Å². The summed E-state index contributed by atoms with van der Waals surface area (Å²) < 4.78 is 0. The van der Waals surface area contributed by atoms with Crippen molar-refractivity contribution >= 4 is 11.9 Å². The molecule has 1 saturated carbocycles. The van der Waals surface area contributed by atoms with E-state index >= 15 is 0 Å². The first kappa shape index (κ1) is 11.4. The van der Waals surface area contributed by atoms with Gasteiger partial charge in [-0.1, -0.05) is 0 Å². The van der Waals surface area contributed by atoms with Crippen molar-refractivity contribution in [2.75, 3.05) is 13.1 Å². The minimum atomic E-state index is -0.835. The lowest BCUT2D eigenvalue weighted by molar-refractivity contribution is -0.139. The lowest BCUT2D eigenvalue weighted by Gasteiger charge is -2.25. The van der Waals surface area contributed by atoms with Gasteiger partial charge in [0.05, 0.1) is 12.5 Å². The van der Waals surface area contributed by atoms with E-state index in [1.54, 1.807) is 4.90 Å². The van der Waals surface area contributed by atoms with E-state index in [2.05, 4.69) is 5.32 Å². The van der Waals surface area contributed by atoms with Crippen molar-refractivity contribution in [1.82, 2.24) is 10.2 Å². The molecule has 2 fully saturated rings. The average Bonchev–Trinajstić information content (AvgIpc) is 2.93. The number of carbonyl (C=O) groups is 2. The second kappa shape index (κ2) is 4.82. The zero-order valence-corrected chi connectivity index (χ0v) is 9.32. The largest absolute Gasteiger partial charge is 0.481 e. The first-order valence-corrected chi connectivity index (χ1v) is 5.94. The van der Waals surface area contributed by atoms with Crippen molar-refractivity contribution in [2.24, 2.45) is 0 Å². The van der Waals surface area contributed by atoms with Gasteiger partial charge in [-0.05, 0) is 32.2 Å². The van der Waals surface area contributed by atoms with Crippen LogP contribution in [0.2, 0.25) is 0 Å². The third kappa shape index (κ3) is 2.72. The van der Waals surface area contributed by atoms with Crippen LogP contribution in [0.3, 0.4) is 0 Å². The predicted octanol–water partition coefficient (Wildman–Crippen LogP) is 0.204. The summed E-state index contributed by atoms with van der Waals surface area (Å²) in [5.41, 5.74) is 0. The summed E-state index contributed by atoms with van der Waals surface area (Å²) in [5.74, 6) is -0.737. The number of carboxylic acids is 1. The standard InChI is InChI=1S/C11H18N2O3/c14-10(15)5-7-13(8-3-4-8)11(16)9-2-1-6-12-9/h8-9,12H,1-7H2,(H,14,15). The fraction of sp³-hybridized carbons (Fsp3) is 0.818. The highest BCUT2D eigenvalue weighted by Crippen LogP contribution is 2.28. The first-order chi connectivity index (χ1) is 7.68. The quantitative estimate of drug-likeness (QED) is 0.703. The van der Waals surface area contributed by atoms with Crippen LogP contribution < -0.4 is 5.32 Å². The maximum Gasteiger partial charge on any atom is 0.305 e. The van der Waals surface area contributed by atoms with E-state index in [1.165, 1.54) is 0 Å². The van der Waals surface area contributed by atoms with Crippen LogP contribution in [-0.2, 0) is 9.59 Å². The van der Waals surface area contributed by atoms with Gasteiger partial charge in [-0.25, -0.2) is 0 Å². The SMILES string of the molecule is O=C(O)CCN(C(=O)C1CCCN1)C1CC1. The maximum atomic E-state index is 12.1. The molecule has 1 aliphatic heterocycles. The Morgan fingerprint density at radius 1 is 1.31 bits per heavy atom. The smallest absolute Gasteiger partial charge is 0.305 e. The lowest BCUT2D eigenvalue weighted by atomic mass is 10.2. The van der Waals surface area contributed by atoms with E-state index < -0.39 is 5.97 Å². The van der Waals surface area contributed by atoms with E-state index in [-0.39, 0.29) is 18.4 Å². The molecule has 2 aliphatic rings. The normalized spacial score (nSPS) is 24.4. The minimum Gasteiger partial charge on any atom is -0.481 e. The Kier molecular flexibility index (Phi) is 3.43. The molecule has 1 saturated heterocycles. The van der Waals surface area contributed by atoms with Gasteiger partial charge in [-0.2, -0.15) is 0 Å². The van der Waals surface area contributed by atoms with Gasteiger partial charge >= 0.3 is 5.97 Å². The molecule has 1 amide bonds. The number of carbonyl (C=O) groups excluding carboxylic acids is 1. The molecule has 1 unspecified atom stereocenters. The summed E-state index contributed by atoms with van der Waals surface area (Å²) in [6, 6.07) is 0.226. The van der Waals surface area contributed by atoms with Gasteiger partial charge in [0.25, 0.3) is 0 Å². The molecule has 2 N–H and O–H groups in total. The van der Waals surface area contributed by atoms with Crippen molar-refractivity contribution in [3.05, 3.63) is 0 Å². The highest BCUT2D eigenvalue weighted by Gasteiger charge is 2.36. The number of carboxylic acid groups (broad SMARTS) is 1. The zero-order valence-electron chi connectivity index (χ0n) is 9.32. The van der Waals surface area contributed by atoms with Crippen LogP contribution in [0.5, 0.6) is 0 Å². The number of hydrogen-bond acceptors (Lipinski definition) is 3. The van der Waals surface area contributed by atoms with Crippen molar-refractivity contribution in [3.8, 4) is 0 Å². The van der Waals surface area contributed by atoms with E-state index in [0.717, 1.165) is 32.2 Å². The summed E-state index contributed by atoms with van der Waals surface area (Å²) in [6.45, 7) is 1.25. The van der Waals surface area contributed by atoms with E-state index in [1.807, 2.05) is 0 Å². The molecule has 5 nitrogen and oxygen atoms in total. The van der Waals surface area contributed by atoms with Crippen LogP contribution in [0, 0.1) is 0 Å². The van der Waals surface area contributed by atoms with E-state index in [9.17, 15) is 9.59 Å². The Morgan fingerprint density at radius 2 is 2.06 bits per heavy atom. The molecule has 0 spiro atoms. The molecule has 90 valence electrons. The van der Waals surface area contributed by atoms with E-state index in [0.29, 0.717) is 12.6 Å². The van der Waals surface area contributed by atoms with Gasteiger partial charge in [-0.15, -0.1) is 0 Å². The van der Waals surface area contributed by atoms with Crippen LogP contribution >= 0.6 is 0 Å². The summed E-state index contributed by atoms with van der Waals surface area (Å²) in [4.78, 5) is 24.4. The summed E-state index contributed by atoms with van der Waals surface area (Å²) in [7, 11) is 0. The van der Waals surface area contributed by atoms with Gasteiger partial charge in [0.2, 0.25) is 5.91 Å². The second-order valence-corrected chi connectivity index (χ2v) is 4.56. The molecule has 0 aromatic heterocycles. The van der Waals surface area contributed by atoms with Crippen molar-refractivity contribution in [2.45, 2.75) is 44.2 Å². The fourth-order valence-electron chi connectivity index (χ4n) is 2.17.